The van der Waals surface area contributed by atoms with Gasteiger partial charge in [-0.15, -0.1) is 0 Å². The normalized spacial score (nSPS) is 15.7. The first-order chi connectivity index (χ1) is 9.84. The lowest BCUT2D eigenvalue weighted by molar-refractivity contribution is -0.116. The minimum atomic E-state index is -0.142. The molecule has 0 bridgehead atoms. The van der Waals surface area contributed by atoms with Crippen molar-refractivity contribution in [3.63, 3.8) is 0 Å². The Morgan fingerprint density at radius 3 is 2.00 bits per heavy atom. The highest BCUT2D eigenvalue weighted by molar-refractivity contribution is 6.24. The van der Waals surface area contributed by atoms with E-state index in [-0.39, 0.29) is 17.6 Å². The van der Waals surface area contributed by atoms with Crippen LogP contribution in [-0.4, -0.2) is 42.1 Å². The van der Waals surface area contributed by atoms with Gasteiger partial charge in [0, 0.05) is 41.9 Å². The molecule has 0 saturated carbocycles. The van der Waals surface area contributed by atoms with E-state index in [2.05, 4.69) is 5.32 Å². The molecule has 1 aliphatic carbocycles. The molecular weight excluding hydrogens is 268 g/mol. The second-order valence-electron chi connectivity index (χ2n) is 5.17. The topological polar surface area (TPSA) is 66.5 Å². The average Bonchev–Trinajstić information content (AvgIpc) is 2.48. The summed E-state index contributed by atoms with van der Waals surface area (Å²) in [5, 5.41) is 2.79. The van der Waals surface area contributed by atoms with Crippen molar-refractivity contribution in [2.24, 2.45) is 0 Å². The number of urea groups is 1. The molecule has 0 unspecified atom stereocenters. The van der Waals surface area contributed by atoms with Gasteiger partial charge in [0.2, 0.25) is 0 Å². The van der Waals surface area contributed by atoms with Crippen molar-refractivity contribution in [2.45, 2.75) is 41.0 Å². The maximum absolute atomic E-state index is 12.2. The Morgan fingerprint density at radius 1 is 0.952 bits per heavy atom. The molecule has 0 spiro atoms. The van der Waals surface area contributed by atoms with Crippen LogP contribution in [0.25, 0.3) is 0 Å². The summed E-state index contributed by atoms with van der Waals surface area (Å²) in [6.07, 6.45) is 0.383. The molecule has 5 nitrogen and oxygen atoms in total. The van der Waals surface area contributed by atoms with Crippen molar-refractivity contribution >= 4 is 17.6 Å². The number of nitrogens with one attached hydrogen (secondary N) is 1. The van der Waals surface area contributed by atoms with Crippen LogP contribution in [0.5, 0.6) is 0 Å². The van der Waals surface area contributed by atoms with E-state index in [1.54, 1.807) is 25.7 Å². The lowest BCUT2D eigenvalue weighted by atomic mass is 9.84. The van der Waals surface area contributed by atoms with Crippen molar-refractivity contribution in [3.8, 4) is 0 Å². The first kappa shape index (κ1) is 17.1. The lowest BCUT2D eigenvalue weighted by Crippen LogP contribution is -2.40. The average molecular weight is 292 g/mol. The zero-order valence-corrected chi connectivity index (χ0v) is 13.5. The number of hydrogen-bond donors (Lipinski definition) is 1. The van der Waals surface area contributed by atoms with Gasteiger partial charge in [-0.3, -0.25) is 9.59 Å². The van der Waals surface area contributed by atoms with E-state index in [1.807, 2.05) is 13.8 Å². The van der Waals surface area contributed by atoms with Gasteiger partial charge in [-0.05, 0) is 41.0 Å². The smallest absolute Gasteiger partial charge is 0.317 e. The van der Waals surface area contributed by atoms with Crippen LogP contribution in [0.1, 0.15) is 41.0 Å². The summed E-state index contributed by atoms with van der Waals surface area (Å²) in [5.41, 5.74) is 2.05. The molecular formula is C16H24N2O3. The van der Waals surface area contributed by atoms with E-state index in [0.29, 0.717) is 48.3 Å². The molecule has 0 aromatic heterocycles. The molecule has 2 amide bonds. The van der Waals surface area contributed by atoms with Crippen LogP contribution in [0.15, 0.2) is 22.3 Å². The van der Waals surface area contributed by atoms with Crippen LogP contribution in [0.4, 0.5) is 4.79 Å². The monoisotopic (exact) mass is 292 g/mol. The van der Waals surface area contributed by atoms with Gasteiger partial charge in [0.05, 0.1) is 0 Å². The van der Waals surface area contributed by atoms with Gasteiger partial charge in [-0.1, -0.05) is 0 Å². The van der Waals surface area contributed by atoms with Gasteiger partial charge in [-0.2, -0.15) is 0 Å². The van der Waals surface area contributed by atoms with Crippen molar-refractivity contribution in [1.29, 1.82) is 0 Å². The molecule has 0 heterocycles. The highest BCUT2D eigenvalue weighted by Crippen LogP contribution is 2.25. The number of nitrogens with zero attached hydrogens (tertiary/aromatic N) is 1. The summed E-state index contributed by atoms with van der Waals surface area (Å²) in [5.74, 6) is -0.154. The van der Waals surface area contributed by atoms with Gasteiger partial charge < -0.3 is 10.2 Å². The van der Waals surface area contributed by atoms with Crippen molar-refractivity contribution < 1.29 is 14.4 Å². The van der Waals surface area contributed by atoms with E-state index in [4.69, 9.17) is 0 Å². The number of amides is 2. The molecule has 1 N–H and O–H groups in total. The van der Waals surface area contributed by atoms with Crippen LogP contribution in [0.2, 0.25) is 0 Å². The fourth-order valence-corrected chi connectivity index (χ4v) is 2.37. The molecule has 0 fully saturated rings. The fourth-order valence-electron chi connectivity index (χ4n) is 2.37. The summed E-state index contributed by atoms with van der Waals surface area (Å²) in [4.78, 5) is 37.7. The Kier molecular flexibility index (Phi) is 5.88. The second-order valence-corrected chi connectivity index (χ2v) is 5.17. The predicted octanol–water partition coefficient (Wildman–Crippen LogP) is 2.23. The molecule has 1 rings (SSSR count). The highest BCUT2D eigenvalue weighted by atomic mass is 16.2. The molecule has 116 valence electrons. The first-order valence-corrected chi connectivity index (χ1v) is 7.34. The minimum absolute atomic E-state index is 0.0721. The van der Waals surface area contributed by atoms with E-state index < -0.39 is 0 Å². The standard InChI is InChI=1S/C16H24N2O3/c1-6-18(7-2)16(21)17-9-8-13-12(5)14(19)10(3)11(4)15(13)20/h6-9H2,1-5H3,(H,17,21). The van der Waals surface area contributed by atoms with E-state index in [0.717, 1.165) is 0 Å². The van der Waals surface area contributed by atoms with Crippen LogP contribution >= 0.6 is 0 Å². The number of carbonyl (C=O) groups excluding carboxylic acids is 3. The van der Waals surface area contributed by atoms with Crippen molar-refractivity contribution in [2.75, 3.05) is 19.6 Å². The summed E-state index contributed by atoms with van der Waals surface area (Å²) < 4.78 is 0. The zero-order valence-electron chi connectivity index (χ0n) is 13.5. The molecule has 0 atom stereocenters. The Balaban J connectivity index is 2.70. The Hall–Kier alpha value is -1.91. The third-order valence-electron chi connectivity index (χ3n) is 4.01. The number of rotatable bonds is 5. The van der Waals surface area contributed by atoms with Crippen molar-refractivity contribution in [3.05, 3.63) is 22.3 Å². The third kappa shape index (κ3) is 3.60. The van der Waals surface area contributed by atoms with Gasteiger partial charge in [0.25, 0.3) is 0 Å². The quantitative estimate of drug-likeness (QED) is 0.790. The molecule has 21 heavy (non-hydrogen) atoms. The Labute approximate surface area is 126 Å². The third-order valence-corrected chi connectivity index (χ3v) is 4.01. The first-order valence-electron chi connectivity index (χ1n) is 7.34. The summed E-state index contributed by atoms with van der Waals surface area (Å²) in [6.45, 7) is 10.5. The number of allylic oxidation sites excluding steroid dienone is 3. The summed E-state index contributed by atoms with van der Waals surface area (Å²) >= 11 is 0. The van der Waals surface area contributed by atoms with Crippen molar-refractivity contribution in [1.82, 2.24) is 10.2 Å². The number of hydrogen-bond acceptors (Lipinski definition) is 3. The van der Waals surface area contributed by atoms with Gasteiger partial charge >= 0.3 is 6.03 Å². The maximum Gasteiger partial charge on any atom is 0.317 e. The number of Topliss-reactive ketones (excluding diaryl/α,β-unsaturated/α-hetero) is 2. The second kappa shape index (κ2) is 7.20. The summed E-state index contributed by atoms with van der Waals surface area (Å²) in [7, 11) is 0. The molecule has 0 aromatic carbocycles. The van der Waals surface area contributed by atoms with Gasteiger partial charge in [0.15, 0.2) is 11.6 Å². The fraction of sp³-hybridized carbons (Fsp3) is 0.562. The molecule has 1 aliphatic rings. The van der Waals surface area contributed by atoms with E-state index in [9.17, 15) is 14.4 Å². The Bertz CT molecular complexity index is 526. The largest absolute Gasteiger partial charge is 0.338 e. The highest BCUT2D eigenvalue weighted by Gasteiger charge is 2.27. The predicted molar refractivity (Wildman–Crippen MR) is 82.0 cm³/mol. The van der Waals surface area contributed by atoms with Crippen LogP contribution in [0, 0.1) is 0 Å². The number of carbonyl (C=O) groups is 3. The van der Waals surface area contributed by atoms with Crippen LogP contribution in [-0.2, 0) is 9.59 Å². The molecule has 5 heteroatoms. The van der Waals surface area contributed by atoms with Crippen LogP contribution < -0.4 is 5.32 Å². The lowest BCUT2D eigenvalue weighted by Gasteiger charge is -2.21. The van der Waals surface area contributed by atoms with Gasteiger partial charge in [-0.25, -0.2) is 4.79 Å². The molecule has 0 saturated heterocycles. The van der Waals surface area contributed by atoms with Gasteiger partial charge in [0.1, 0.15) is 0 Å². The zero-order chi connectivity index (χ0) is 16.2. The minimum Gasteiger partial charge on any atom is -0.338 e. The van der Waals surface area contributed by atoms with E-state index in [1.165, 1.54) is 0 Å². The van der Waals surface area contributed by atoms with E-state index >= 15 is 0 Å². The van der Waals surface area contributed by atoms with Crippen LogP contribution in [0.3, 0.4) is 0 Å². The molecule has 0 aromatic rings. The molecule has 0 radical (unpaired) electrons. The Morgan fingerprint density at radius 2 is 1.48 bits per heavy atom. The molecule has 0 aliphatic heterocycles. The maximum atomic E-state index is 12.2. The summed E-state index contributed by atoms with van der Waals surface area (Å²) in [6, 6.07) is -0.142. The number of ketones is 2. The SMILES string of the molecule is CCN(CC)C(=O)NCCC1=C(C)C(=O)C(C)=C(C)C1=O.